The average molecular weight is 440 g/mol. The molecule has 1 aliphatic rings. The lowest BCUT2D eigenvalue weighted by molar-refractivity contribution is -0.157. The molecule has 5 rings (SSSR count). The molecule has 0 aliphatic carbocycles. The second-order valence-corrected chi connectivity index (χ2v) is 7.79. The monoisotopic (exact) mass is 440 g/mol. The maximum atomic E-state index is 12.6. The van der Waals surface area contributed by atoms with Crippen LogP contribution in [0.1, 0.15) is 36.2 Å². The smallest absolute Gasteiger partial charge is 0.416 e. The van der Waals surface area contributed by atoms with Crippen LogP contribution in [-0.2, 0) is 12.7 Å². The molecule has 1 fully saturated rings. The Morgan fingerprint density at radius 2 is 1.78 bits per heavy atom. The van der Waals surface area contributed by atoms with Crippen molar-refractivity contribution in [2.24, 2.45) is 0 Å². The normalized spacial score (nSPS) is 16.0. The van der Waals surface area contributed by atoms with Crippen LogP contribution in [0.3, 0.4) is 0 Å². The first-order valence-corrected chi connectivity index (χ1v) is 10.2. The van der Waals surface area contributed by atoms with Crippen molar-refractivity contribution in [2.45, 2.75) is 31.5 Å². The van der Waals surface area contributed by atoms with Crippen molar-refractivity contribution in [3.05, 3.63) is 66.4 Å². The predicted octanol–water partition coefficient (Wildman–Crippen LogP) is 4.47. The Hall–Kier alpha value is -3.40. The SMILES string of the molecule is FC(F)(F)c1nnc(CN2CCC(c3ccc4cc(-c5ccncc5)cnc4n3)CC2)o1. The van der Waals surface area contributed by atoms with Crippen LogP contribution in [0.15, 0.2) is 53.3 Å². The maximum absolute atomic E-state index is 12.6. The second kappa shape index (κ2) is 8.27. The Kier molecular flexibility index (Phi) is 5.30. The van der Waals surface area contributed by atoms with Gasteiger partial charge in [0.2, 0.25) is 5.89 Å². The van der Waals surface area contributed by atoms with E-state index in [2.05, 4.69) is 26.2 Å². The van der Waals surface area contributed by atoms with Crippen LogP contribution in [0, 0.1) is 0 Å². The van der Waals surface area contributed by atoms with Gasteiger partial charge in [-0.05, 0) is 61.8 Å². The molecule has 0 amide bonds. The number of pyridine rings is 3. The number of hydrogen-bond donors (Lipinski definition) is 0. The summed E-state index contributed by atoms with van der Waals surface area (Å²) in [7, 11) is 0. The molecule has 0 saturated carbocycles. The van der Waals surface area contributed by atoms with Crippen molar-refractivity contribution >= 4 is 11.0 Å². The molecule has 164 valence electrons. The van der Waals surface area contributed by atoms with Crippen LogP contribution in [0.2, 0.25) is 0 Å². The molecule has 0 atom stereocenters. The van der Waals surface area contributed by atoms with Gasteiger partial charge >= 0.3 is 12.1 Å². The quantitative estimate of drug-likeness (QED) is 0.463. The third-order valence-corrected chi connectivity index (χ3v) is 5.65. The Morgan fingerprint density at radius 3 is 2.50 bits per heavy atom. The summed E-state index contributed by atoms with van der Waals surface area (Å²) >= 11 is 0. The van der Waals surface area contributed by atoms with E-state index in [1.54, 1.807) is 12.4 Å². The molecule has 0 unspecified atom stereocenters. The zero-order chi connectivity index (χ0) is 22.1. The summed E-state index contributed by atoms with van der Waals surface area (Å²) in [5.74, 6) is -1.05. The first kappa shape index (κ1) is 20.5. The van der Waals surface area contributed by atoms with Gasteiger partial charge in [-0.1, -0.05) is 0 Å². The lowest BCUT2D eigenvalue weighted by Crippen LogP contribution is -2.32. The van der Waals surface area contributed by atoms with Gasteiger partial charge in [0.15, 0.2) is 5.65 Å². The van der Waals surface area contributed by atoms with Gasteiger partial charge in [-0.2, -0.15) is 13.2 Å². The van der Waals surface area contributed by atoms with Crippen molar-refractivity contribution in [1.29, 1.82) is 0 Å². The molecular weight excluding hydrogens is 421 g/mol. The Morgan fingerprint density at radius 1 is 1.00 bits per heavy atom. The highest BCUT2D eigenvalue weighted by Crippen LogP contribution is 2.31. The minimum absolute atomic E-state index is 0.0196. The van der Waals surface area contributed by atoms with Crippen molar-refractivity contribution < 1.29 is 17.6 Å². The molecule has 0 aromatic carbocycles. The zero-order valence-corrected chi connectivity index (χ0v) is 17.0. The first-order chi connectivity index (χ1) is 15.5. The van der Waals surface area contributed by atoms with Crippen molar-refractivity contribution in [3.8, 4) is 11.1 Å². The van der Waals surface area contributed by atoms with Gasteiger partial charge in [-0.25, -0.2) is 9.97 Å². The molecule has 7 nitrogen and oxygen atoms in total. The summed E-state index contributed by atoms with van der Waals surface area (Å²) < 4.78 is 42.6. The van der Waals surface area contributed by atoms with E-state index in [-0.39, 0.29) is 18.4 Å². The fourth-order valence-electron chi connectivity index (χ4n) is 3.97. The van der Waals surface area contributed by atoms with E-state index < -0.39 is 12.1 Å². The van der Waals surface area contributed by atoms with Crippen molar-refractivity contribution in [1.82, 2.24) is 30.0 Å². The molecule has 0 radical (unpaired) electrons. The fourth-order valence-corrected chi connectivity index (χ4v) is 3.97. The highest BCUT2D eigenvalue weighted by molar-refractivity contribution is 5.80. The van der Waals surface area contributed by atoms with Crippen molar-refractivity contribution in [3.63, 3.8) is 0 Å². The molecule has 4 aromatic heterocycles. The standard InChI is InChI=1S/C22H19F3N6O/c23-22(24,25)21-30-29-19(32-21)13-31-9-5-15(6-10-31)18-2-1-16-11-17(12-27-20(16)28-18)14-3-7-26-8-4-14/h1-4,7-8,11-12,15H,5-6,9-10,13H2. The molecule has 32 heavy (non-hydrogen) atoms. The van der Waals surface area contributed by atoms with Gasteiger partial charge in [0, 0.05) is 41.2 Å². The summed E-state index contributed by atoms with van der Waals surface area (Å²) in [6.45, 7) is 1.63. The first-order valence-electron chi connectivity index (χ1n) is 10.2. The number of alkyl halides is 3. The van der Waals surface area contributed by atoms with E-state index in [1.165, 1.54) is 0 Å². The van der Waals surface area contributed by atoms with Gasteiger partial charge in [0.1, 0.15) is 0 Å². The largest absolute Gasteiger partial charge is 0.470 e. The van der Waals surface area contributed by atoms with Crippen LogP contribution in [0.4, 0.5) is 13.2 Å². The van der Waals surface area contributed by atoms with Gasteiger partial charge in [0.25, 0.3) is 0 Å². The molecule has 10 heteroatoms. The summed E-state index contributed by atoms with van der Waals surface area (Å²) in [6.07, 6.45) is 2.38. The van der Waals surface area contributed by atoms with Gasteiger partial charge < -0.3 is 4.42 Å². The zero-order valence-electron chi connectivity index (χ0n) is 17.0. The van der Waals surface area contributed by atoms with Crippen LogP contribution >= 0.6 is 0 Å². The summed E-state index contributed by atoms with van der Waals surface area (Å²) in [6, 6.07) is 10.0. The fraction of sp³-hybridized carbons (Fsp3) is 0.318. The summed E-state index contributed by atoms with van der Waals surface area (Å²) in [4.78, 5) is 15.4. The van der Waals surface area contributed by atoms with E-state index >= 15 is 0 Å². The van der Waals surface area contributed by atoms with Gasteiger partial charge in [-0.3, -0.25) is 9.88 Å². The number of nitrogens with zero attached hydrogens (tertiary/aromatic N) is 6. The van der Waals surface area contributed by atoms with E-state index in [1.807, 2.05) is 35.4 Å². The van der Waals surface area contributed by atoms with Crippen LogP contribution < -0.4 is 0 Å². The topological polar surface area (TPSA) is 80.8 Å². The molecule has 1 aliphatic heterocycles. The van der Waals surface area contributed by atoms with Crippen LogP contribution in [0.25, 0.3) is 22.2 Å². The van der Waals surface area contributed by atoms with Crippen LogP contribution in [0.5, 0.6) is 0 Å². The number of hydrogen-bond acceptors (Lipinski definition) is 7. The highest BCUT2D eigenvalue weighted by Gasteiger charge is 2.38. The molecule has 4 aromatic rings. The van der Waals surface area contributed by atoms with Crippen LogP contribution in [-0.4, -0.2) is 43.1 Å². The lowest BCUT2D eigenvalue weighted by atomic mass is 9.93. The molecule has 5 heterocycles. The number of halogens is 3. The van der Waals surface area contributed by atoms with Gasteiger partial charge in [0.05, 0.1) is 6.54 Å². The van der Waals surface area contributed by atoms with E-state index in [0.717, 1.165) is 35.0 Å². The van der Waals surface area contributed by atoms with E-state index in [0.29, 0.717) is 18.7 Å². The predicted molar refractivity (Wildman–Crippen MR) is 109 cm³/mol. The number of piperidine rings is 1. The maximum Gasteiger partial charge on any atom is 0.470 e. The summed E-state index contributed by atoms with van der Waals surface area (Å²) in [5.41, 5.74) is 3.75. The number of aromatic nitrogens is 5. The Bertz CT molecular complexity index is 1220. The number of likely N-dealkylation sites (tertiary alicyclic amines) is 1. The summed E-state index contributed by atoms with van der Waals surface area (Å²) in [5, 5.41) is 7.57. The lowest BCUT2D eigenvalue weighted by Gasteiger charge is -2.30. The minimum atomic E-state index is -4.62. The van der Waals surface area contributed by atoms with Crippen molar-refractivity contribution in [2.75, 3.05) is 13.1 Å². The number of rotatable bonds is 4. The Labute approximate surface area is 181 Å². The van der Waals surface area contributed by atoms with E-state index in [4.69, 9.17) is 9.40 Å². The third kappa shape index (κ3) is 4.31. The molecular formula is C22H19F3N6O. The minimum Gasteiger partial charge on any atom is -0.416 e. The van der Waals surface area contributed by atoms with E-state index in [9.17, 15) is 13.2 Å². The molecule has 0 N–H and O–H groups in total. The molecule has 1 saturated heterocycles. The third-order valence-electron chi connectivity index (χ3n) is 5.65. The molecule has 0 spiro atoms. The second-order valence-electron chi connectivity index (χ2n) is 7.79. The number of fused-ring (bicyclic) bond motifs is 1. The molecule has 0 bridgehead atoms. The highest BCUT2D eigenvalue weighted by atomic mass is 19.4. The van der Waals surface area contributed by atoms with Gasteiger partial charge in [-0.15, -0.1) is 10.2 Å². The Balaban J connectivity index is 1.24. The average Bonchev–Trinajstić information content (AvgIpc) is 3.29.